The summed E-state index contributed by atoms with van der Waals surface area (Å²) in [5, 5.41) is 3.21. The Labute approximate surface area is 241 Å². The molecule has 3 aromatic rings. The second-order valence-electron chi connectivity index (χ2n) is 10.6. The van der Waals surface area contributed by atoms with Crippen LogP contribution in [0, 0.1) is 12.7 Å². The summed E-state index contributed by atoms with van der Waals surface area (Å²) in [6.07, 6.45) is 0.275. The van der Waals surface area contributed by atoms with Crippen LogP contribution in [0.5, 0.6) is 0 Å². The zero-order valence-electron chi connectivity index (χ0n) is 23.3. The number of hydrogen-bond acceptors (Lipinski definition) is 4. The molecule has 2 amide bonds. The van der Waals surface area contributed by atoms with E-state index in [9.17, 15) is 22.4 Å². The van der Waals surface area contributed by atoms with Crippen LogP contribution in [0.25, 0.3) is 0 Å². The Balaban J connectivity index is 2.07. The second kappa shape index (κ2) is 12.8. The van der Waals surface area contributed by atoms with Crippen LogP contribution in [-0.2, 0) is 26.2 Å². The highest BCUT2D eigenvalue weighted by molar-refractivity contribution is 7.92. The monoisotopic (exact) mass is 587 g/mol. The van der Waals surface area contributed by atoms with E-state index in [1.165, 1.54) is 47.4 Å². The first-order valence-electron chi connectivity index (χ1n) is 12.9. The van der Waals surface area contributed by atoms with Crippen molar-refractivity contribution in [2.45, 2.75) is 64.1 Å². The molecule has 0 aliphatic rings. The van der Waals surface area contributed by atoms with E-state index in [4.69, 9.17) is 11.6 Å². The van der Waals surface area contributed by atoms with E-state index in [1.54, 1.807) is 37.3 Å². The summed E-state index contributed by atoms with van der Waals surface area (Å²) < 4.78 is 42.3. The molecule has 0 saturated heterocycles. The molecule has 0 spiro atoms. The summed E-state index contributed by atoms with van der Waals surface area (Å²) in [4.78, 5) is 28.7. The van der Waals surface area contributed by atoms with Gasteiger partial charge < -0.3 is 10.2 Å². The molecular weight excluding hydrogens is 553 g/mol. The van der Waals surface area contributed by atoms with Gasteiger partial charge in [-0.05, 0) is 82.1 Å². The van der Waals surface area contributed by atoms with E-state index in [1.807, 2.05) is 27.7 Å². The second-order valence-corrected chi connectivity index (χ2v) is 12.9. The van der Waals surface area contributed by atoms with E-state index in [0.29, 0.717) is 10.6 Å². The lowest BCUT2D eigenvalue weighted by Gasteiger charge is -2.34. The average molecular weight is 588 g/mol. The molecule has 0 aliphatic carbocycles. The van der Waals surface area contributed by atoms with Gasteiger partial charge in [-0.3, -0.25) is 13.9 Å². The summed E-state index contributed by atoms with van der Waals surface area (Å²) in [7, 11) is -4.20. The Bertz CT molecular complexity index is 1440. The van der Waals surface area contributed by atoms with Crippen LogP contribution in [0.15, 0.2) is 77.7 Å². The van der Waals surface area contributed by atoms with Gasteiger partial charge >= 0.3 is 0 Å². The highest BCUT2D eigenvalue weighted by atomic mass is 35.5. The van der Waals surface area contributed by atoms with E-state index in [2.05, 4.69) is 5.32 Å². The van der Waals surface area contributed by atoms with Crippen molar-refractivity contribution in [3.05, 3.63) is 94.8 Å². The molecule has 0 unspecified atom stereocenters. The molecule has 3 aromatic carbocycles. The molecule has 3 rings (SSSR count). The van der Waals surface area contributed by atoms with Crippen LogP contribution < -0.4 is 9.62 Å². The minimum atomic E-state index is -4.20. The number of amides is 2. The average Bonchev–Trinajstić information content (AvgIpc) is 2.87. The van der Waals surface area contributed by atoms with Crippen molar-refractivity contribution in [2.75, 3.05) is 10.8 Å². The summed E-state index contributed by atoms with van der Waals surface area (Å²) in [6, 6.07) is 17.2. The number of carbonyl (C=O) groups is 2. The van der Waals surface area contributed by atoms with Gasteiger partial charge in [-0.15, -0.1) is 0 Å². The normalized spacial score (nSPS) is 12.5. The third kappa shape index (κ3) is 8.05. The molecule has 7 nitrogen and oxygen atoms in total. The topological polar surface area (TPSA) is 86.8 Å². The van der Waals surface area contributed by atoms with Crippen molar-refractivity contribution >= 4 is 39.1 Å². The number of rotatable bonds is 10. The van der Waals surface area contributed by atoms with Crippen LogP contribution >= 0.6 is 11.6 Å². The van der Waals surface area contributed by atoms with E-state index >= 15 is 0 Å². The number of anilines is 1. The van der Waals surface area contributed by atoms with E-state index in [0.717, 1.165) is 9.87 Å². The molecule has 0 heterocycles. The molecule has 1 atom stereocenters. The van der Waals surface area contributed by atoms with Gasteiger partial charge in [-0.2, -0.15) is 0 Å². The number of halogens is 2. The third-order valence-electron chi connectivity index (χ3n) is 6.13. The van der Waals surface area contributed by atoms with E-state index < -0.39 is 39.9 Å². The van der Waals surface area contributed by atoms with Crippen molar-refractivity contribution in [3.8, 4) is 0 Å². The molecule has 0 saturated carbocycles. The van der Waals surface area contributed by atoms with Gasteiger partial charge in [-0.1, -0.05) is 54.4 Å². The highest BCUT2D eigenvalue weighted by Gasteiger charge is 2.34. The largest absolute Gasteiger partial charge is 0.350 e. The molecule has 40 heavy (non-hydrogen) atoms. The van der Waals surface area contributed by atoms with Crippen LogP contribution in [0.3, 0.4) is 0 Å². The highest BCUT2D eigenvalue weighted by Crippen LogP contribution is 2.27. The minimum absolute atomic E-state index is 0.00785. The van der Waals surface area contributed by atoms with Gasteiger partial charge in [0.15, 0.2) is 0 Å². The standard InChI is InChI=1S/C30H35ClFN3O4S/c1-6-27(29(37)33-30(3,4)5)34(19-22-12-14-24(32)15-13-22)28(36)20-35(25-9-7-8-23(31)18-25)40(38,39)26-16-10-21(2)11-17-26/h7-18,27H,6,19-20H2,1-5H3,(H,33,37)/t27-/m0/s1. The van der Waals surface area contributed by atoms with Gasteiger partial charge in [-0.25, -0.2) is 12.8 Å². The fourth-order valence-electron chi connectivity index (χ4n) is 4.16. The van der Waals surface area contributed by atoms with Crippen molar-refractivity contribution in [3.63, 3.8) is 0 Å². The lowest BCUT2D eigenvalue weighted by Crippen LogP contribution is -2.55. The smallest absolute Gasteiger partial charge is 0.264 e. The van der Waals surface area contributed by atoms with Gasteiger partial charge in [0.2, 0.25) is 11.8 Å². The maximum atomic E-state index is 14.0. The van der Waals surface area contributed by atoms with Crippen LogP contribution in [0.4, 0.5) is 10.1 Å². The minimum Gasteiger partial charge on any atom is -0.350 e. The maximum Gasteiger partial charge on any atom is 0.264 e. The van der Waals surface area contributed by atoms with Crippen molar-refractivity contribution < 1.29 is 22.4 Å². The van der Waals surface area contributed by atoms with E-state index in [-0.39, 0.29) is 29.5 Å². The fraction of sp³-hybridized carbons (Fsp3) is 0.333. The quantitative estimate of drug-likeness (QED) is 0.329. The van der Waals surface area contributed by atoms with Gasteiger partial charge in [0.25, 0.3) is 10.0 Å². The van der Waals surface area contributed by atoms with Gasteiger partial charge in [0.05, 0.1) is 10.6 Å². The molecule has 214 valence electrons. The molecule has 1 N–H and O–H groups in total. The molecule has 0 radical (unpaired) electrons. The predicted molar refractivity (Wildman–Crippen MR) is 156 cm³/mol. The van der Waals surface area contributed by atoms with Gasteiger partial charge in [0, 0.05) is 17.1 Å². The number of nitrogens with one attached hydrogen (secondary N) is 1. The Hall–Kier alpha value is -3.43. The first-order valence-corrected chi connectivity index (χ1v) is 14.7. The first kappa shape index (κ1) is 31.1. The number of benzene rings is 3. The van der Waals surface area contributed by atoms with Crippen LogP contribution in [0.1, 0.15) is 45.2 Å². The third-order valence-corrected chi connectivity index (χ3v) is 8.16. The molecule has 0 fully saturated rings. The number of aryl methyl sites for hydroxylation is 1. The fourth-order valence-corrected chi connectivity index (χ4v) is 5.75. The Morgan fingerprint density at radius 1 is 1.00 bits per heavy atom. The summed E-state index contributed by atoms with van der Waals surface area (Å²) >= 11 is 6.20. The van der Waals surface area contributed by atoms with Crippen LogP contribution in [-0.4, -0.2) is 43.3 Å². The Morgan fingerprint density at radius 3 is 2.17 bits per heavy atom. The SMILES string of the molecule is CC[C@@H](C(=O)NC(C)(C)C)N(Cc1ccc(F)cc1)C(=O)CN(c1cccc(Cl)c1)S(=O)(=O)c1ccc(C)cc1. The maximum absolute atomic E-state index is 14.0. The van der Waals surface area contributed by atoms with Crippen LogP contribution in [0.2, 0.25) is 5.02 Å². The zero-order chi connectivity index (χ0) is 29.7. The Kier molecular flexibility index (Phi) is 9.97. The number of carbonyl (C=O) groups excluding carboxylic acids is 2. The number of nitrogens with zero attached hydrogens (tertiary/aromatic N) is 2. The molecular formula is C30H35ClFN3O4S. The molecule has 10 heteroatoms. The summed E-state index contributed by atoms with van der Waals surface area (Å²) in [5.41, 5.74) is 1.12. The summed E-state index contributed by atoms with van der Waals surface area (Å²) in [5.74, 6) is -1.41. The summed E-state index contributed by atoms with van der Waals surface area (Å²) in [6.45, 7) is 8.50. The first-order chi connectivity index (χ1) is 18.7. The van der Waals surface area contributed by atoms with Crippen molar-refractivity contribution in [2.24, 2.45) is 0 Å². The zero-order valence-corrected chi connectivity index (χ0v) is 24.9. The van der Waals surface area contributed by atoms with Crippen molar-refractivity contribution in [1.82, 2.24) is 10.2 Å². The number of sulfonamides is 1. The number of hydrogen-bond donors (Lipinski definition) is 1. The van der Waals surface area contributed by atoms with Gasteiger partial charge in [0.1, 0.15) is 18.4 Å². The molecule has 0 bridgehead atoms. The lowest BCUT2D eigenvalue weighted by molar-refractivity contribution is -0.141. The molecule has 0 aliphatic heterocycles. The lowest BCUT2D eigenvalue weighted by atomic mass is 10.1. The Morgan fingerprint density at radius 2 is 1.62 bits per heavy atom. The predicted octanol–water partition coefficient (Wildman–Crippen LogP) is 5.70. The molecule has 0 aromatic heterocycles. The van der Waals surface area contributed by atoms with Crippen molar-refractivity contribution in [1.29, 1.82) is 0 Å².